The third-order valence-electron chi connectivity index (χ3n) is 10.9. The fourth-order valence-electron chi connectivity index (χ4n) is 8.10. The van der Waals surface area contributed by atoms with Crippen LogP contribution in [0.5, 0.6) is 0 Å². The van der Waals surface area contributed by atoms with Gasteiger partial charge < -0.3 is 13.7 Å². The topological polar surface area (TPSA) is 29.5 Å². The molecule has 0 spiro atoms. The minimum absolute atomic E-state index is 0.891. The van der Waals surface area contributed by atoms with Gasteiger partial charge in [0.2, 0.25) is 0 Å². The predicted octanol–water partition coefficient (Wildman–Crippen LogP) is 15.1. The fourth-order valence-corrected chi connectivity index (χ4v) is 8.10. The number of para-hydroxylation sites is 2. The second-order valence-corrected chi connectivity index (χ2v) is 14.1. The second-order valence-electron chi connectivity index (χ2n) is 14.1. The van der Waals surface area contributed by atoms with Crippen LogP contribution in [0.4, 0.5) is 17.1 Å². The number of anilines is 3. The van der Waals surface area contributed by atoms with Crippen molar-refractivity contribution in [1.82, 2.24) is 0 Å². The van der Waals surface area contributed by atoms with E-state index in [1.807, 2.05) is 18.2 Å². The molecular weight excluding hydrogens is 671 g/mol. The molecule has 11 aromatic rings. The van der Waals surface area contributed by atoms with Gasteiger partial charge in [-0.15, -0.1) is 0 Å². The van der Waals surface area contributed by atoms with E-state index in [1.165, 1.54) is 10.8 Å². The maximum atomic E-state index is 6.46. The SMILES string of the molecule is c1ccc(-c2cccc3c2oc2ccc(-c4ccc(N(c5ccc(-c6ccc7c(c6)oc6ccccc67)cc5)c5ccc6ccccc6c5)cc4)cc23)cc1. The molecule has 2 aromatic heterocycles. The van der Waals surface area contributed by atoms with Gasteiger partial charge in [0.1, 0.15) is 22.3 Å². The Morgan fingerprint density at radius 3 is 1.69 bits per heavy atom. The van der Waals surface area contributed by atoms with Crippen molar-refractivity contribution in [2.24, 2.45) is 0 Å². The van der Waals surface area contributed by atoms with E-state index in [0.717, 1.165) is 94.3 Å². The minimum Gasteiger partial charge on any atom is -0.456 e. The lowest BCUT2D eigenvalue weighted by Gasteiger charge is -2.26. The van der Waals surface area contributed by atoms with Gasteiger partial charge in [-0.05, 0) is 105 Å². The van der Waals surface area contributed by atoms with Crippen molar-refractivity contribution >= 4 is 71.7 Å². The Morgan fingerprint density at radius 2 is 0.891 bits per heavy atom. The highest BCUT2D eigenvalue weighted by Crippen LogP contribution is 2.41. The second kappa shape index (κ2) is 12.6. The summed E-state index contributed by atoms with van der Waals surface area (Å²) >= 11 is 0. The van der Waals surface area contributed by atoms with E-state index >= 15 is 0 Å². The summed E-state index contributed by atoms with van der Waals surface area (Å²) in [4.78, 5) is 2.33. The third-order valence-corrected chi connectivity index (χ3v) is 10.9. The van der Waals surface area contributed by atoms with Gasteiger partial charge in [-0.2, -0.15) is 0 Å². The molecule has 0 amide bonds. The van der Waals surface area contributed by atoms with Crippen molar-refractivity contribution in [2.45, 2.75) is 0 Å². The molecule has 55 heavy (non-hydrogen) atoms. The Morgan fingerprint density at radius 1 is 0.291 bits per heavy atom. The molecule has 0 unspecified atom stereocenters. The van der Waals surface area contributed by atoms with Crippen LogP contribution in [0.15, 0.2) is 209 Å². The van der Waals surface area contributed by atoms with E-state index in [1.54, 1.807) is 0 Å². The van der Waals surface area contributed by atoms with Crippen LogP contribution in [0.1, 0.15) is 0 Å². The first-order valence-electron chi connectivity index (χ1n) is 18.7. The van der Waals surface area contributed by atoms with Crippen molar-refractivity contribution in [3.8, 4) is 33.4 Å². The van der Waals surface area contributed by atoms with Crippen molar-refractivity contribution in [1.29, 1.82) is 0 Å². The lowest BCUT2D eigenvalue weighted by Crippen LogP contribution is -2.09. The number of fused-ring (bicyclic) bond motifs is 7. The number of hydrogen-bond acceptors (Lipinski definition) is 3. The highest BCUT2D eigenvalue weighted by Gasteiger charge is 2.16. The van der Waals surface area contributed by atoms with Gasteiger partial charge in [0.05, 0.1) is 0 Å². The van der Waals surface area contributed by atoms with Gasteiger partial charge in [0.25, 0.3) is 0 Å². The quantitative estimate of drug-likeness (QED) is 0.173. The number of nitrogens with zero attached hydrogens (tertiary/aromatic N) is 1. The molecule has 0 radical (unpaired) electrons. The van der Waals surface area contributed by atoms with Gasteiger partial charge in [-0.25, -0.2) is 0 Å². The van der Waals surface area contributed by atoms with Crippen LogP contribution in [-0.2, 0) is 0 Å². The average molecular weight is 704 g/mol. The summed E-state index contributed by atoms with van der Waals surface area (Å²) in [7, 11) is 0. The molecule has 3 nitrogen and oxygen atoms in total. The normalized spacial score (nSPS) is 11.6. The van der Waals surface area contributed by atoms with Crippen molar-refractivity contribution in [3.63, 3.8) is 0 Å². The number of benzene rings is 9. The summed E-state index contributed by atoms with van der Waals surface area (Å²) < 4.78 is 12.7. The van der Waals surface area contributed by atoms with E-state index in [2.05, 4.69) is 187 Å². The zero-order chi connectivity index (χ0) is 36.3. The van der Waals surface area contributed by atoms with Gasteiger partial charge in [0.15, 0.2) is 0 Å². The standard InChI is InChI=1S/C52H33NO2/c1-2-10-37(11-3-1)44-14-8-15-47-48-32-39(23-30-50(48)55-52(44)47)35-17-24-41(25-18-35)53(43-28-21-34-9-4-5-12-38(34)31-43)42-26-19-36(20-27-42)40-22-29-46-45-13-6-7-16-49(45)54-51(46)33-40/h1-33H. The Kier molecular flexibility index (Phi) is 7.17. The zero-order valence-corrected chi connectivity index (χ0v) is 29.8. The Labute approximate surface area is 317 Å². The van der Waals surface area contributed by atoms with Crippen molar-refractivity contribution in [2.75, 3.05) is 4.90 Å². The molecule has 0 aliphatic rings. The first-order chi connectivity index (χ1) is 27.2. The summed E-state index contributed by atoms with van der Waals surface area (Å²) in [6.45, 7) is 0. The molecule has 0 N–H and O–H groups in total. The highest BCUT2D eigenvalue weighted by molar-refractivity contribution is 6.10. The summed E-state index contributed by atoms with van der Waals surface area (Å²) in [5.74, 6) is 0. The first-order valence-corrected chi connectivity index (χ1v) is 18.7. The monoisotopic (exact) mass is 703 g/mol. The molecule has 0 bridgehead atoms. The molecule has 258 valence electrons. The highest BCUT2D eigenvalue weighted by atomic mass is 16.3. The van der Waals surface area contributed by atoms with Crippen molar-refractivity contribution < 1.29 is 8.83 Å². The summed E-state index contributed by atoms with van der Waals surface area (Å²) in [6.07, 6.45) is 0. The van der Waals surface area contributed by atoms with E-state index in [-0.39, 0.29) is 0 Å². The molecule has 11 rings (SSSR count). The van der Waals surface area contributed by atoms with Gasteiger partial charge in [0, 0.05) is 44.2 Å². The van der Waals surface area contributed by atoms with Crippen LogP contribution in [0, 0.1) is 0 Å². The number of hydrogen-bond donors (Lipinski definition) is 0. The molecule has 0 fully saturated rings. The summed E-state index contributed by atoms with van der Waals surface area (Å²) in [5.41, 5.74) is 13.7. The lowest BCUT2D eigenvalue weighted by atomic mass is 10.00. The van der Waals surface area contributed by atoms with Crippen LogP contribution in [-0.4, -0.2) is 0 Å². The molecular formula is C52H33NO2. The van der Waals surface area contributed by atoms with E-state index in [4.69, 9.17) is 8.83 Å². The third kappa shape index (κ3) is 5.36. The molecule has 0 aliphatic carbocycles. The predicted molar refractivity (Wildman–Crippen MR) is 229 cm³/mol. The minimum atomic E-state index is 0.891. The fraction of sp³-hybridized carbons (Fsp3) is 0. The molecule has 9 aromatic carbocycles. The molecule has 0 aliphatic heterocycles. The van der Waals surface area contributed by atoms with Gasteiger partial charge in [-0.1, -0.05) is 133 Å². The molecule has 0 atom stereocenters. The Hall–Kier alpha value is -7.36. The lowest BCUT2D eigenvalue weighted by molar-refractivity contribution is 0.669. The van der Waals surface area contributed by atoms with E-state index < -0.39 is 0 Å². The van der Waals surface area contributed by atoms with Gasteiger partial charge >= 0.3 is 0 Å². The first kappa shape index (κ1) is 31.2. The van der Waals surface area contributed by atoms with Crippen molar-refractivity contribution in [3.05, 3.63) is 200 Å². The van der Waals surface area contributed by atoms with Crippen LogP contribution >= 0.6 is 0 Å². The maximum absolute atomic E-state index is 6.46. The molecule has 0 saturated heterocycles. The Bertz CT molecular complexity index is 3190. The van der Waals surface area contributed by atoms with Crippen LogP contribution in [0.2, 0.25) is 0 Å². The summed E-state index contributed by atoms with van der Waals surface area (Å²) in [6, 6.07) is 71.0. The maximum Gasteiger partial charge on any atom is 0.143 e. The molecule has 2 heterocycles. The Balaban J connectivity index is 0.964. The van der Waals surface area contributed by atoms with E-state index in [0.29, 0.717) is 0 Å². The number of rotatable bonds is 6. The summed E-state index contributed by atoms with van der Waals surface area (Å²) in [5, 5.41) is 6.94. The average Bonchev–Trinajstić information content (AvgIpc) is 3.82. The van der Waals surface area contributed by atoms with E-state index in [9.17, 15) is 0 Å². The smallest absolute Gasteiger partial charge is 0.143 e. The zero-order valence-electron chi connectivity index (χ0n) is 29.8. The molecule has 0 saturated carbocycles. The van der Waals surface area contributed by atoms with Crippen LogP contribution in [0.25, 0.3) is 88.0 Å². The van der Waals surface area contributed by atoms with Crippen LogP contribution < -0.4 is 4.90 Å². The van der Waals surface area contributed by atoms with Crippen LogP contribution in [0.3, 0.4) is 0 Å². The largest absolute Gasteiger partial charge is 0.456 e. The van der Waals surface area contributed by atoms with Gasteiger partial charge in [-0.3, -0.25) is 0 Å². The number of furan rings is 2. The molecule has 3 heteroatoms.